The van der Waals surface area contributed by atoms with Gasteiger partial charge in [0.2, 0.25) is 10.0 Å². The fraction of sp³-hybridized carbons (Fsp3) is 0.400. The highest BCUT2D eigenvalue weighted by Crippen LogP contribution is 2.15. The summed E-state index contributed by atoms with van der Waals surface area (Å²) in [6.45, 7) is 3.74. The molecule has 0 saturated heterocycles. The van der Waals surface area contributed by atoms with E-state index in [2.05, 4.69) is 4.72 Å². The second-order valence-electron chi connectivity index (χ2n) is 3.39. The summed E-state index contributed by atoms with van der Waals surface area (Å²) in [7, 11) is -3.43. The molecule has 1 rings (SSSR count). The molecule has 1 aromatic rings. The van der Waals surface area contributed by atoms with Crippen LogP contribution in [0.5, 0.6) is 0 Å². The summed E-state index contributed by atoms with van der Waals surface area (Å²) in [6, 6.07) is 6.15. The van der Waals surface area contributed by atoms with Gasteiger partial charge in [-0.05, 0) is 31.5 Å². The summed E-state index contributed by atoms with van der Waals surface area (Å²) in [5.74, 6) is 0. The Morgan fingerprint density at radius 1 is 1.47 bits per heavy atom. The van der Waals surface area contributed by atoms with Gasteiger partial charge in [0, 0.05) is 11.1 Å². The van der Waals surface area contributed by atoms with E-state index in [1.165, 1.54) is 12.1 Å². The molecule has 0 fully saturated rings. The van der Waals surface area contributed by atoms with Gasteiger partial charge in [0.25, 0.3) is 0 Å². The first-order valence-corrected chi connectivity index (χ1v) is 6.59. The largest absolute Gasteiger partial charge is 0.240 e. The number of benzene rings is 1. The number of rotatable bonds is 4. The predicted molar refractivity (Wildman–Crippen MR) is 61.5 cm³/mol. The second-order valence-corrected chi connectivity index (χ2v) is 5.54. The van der Waals surface area contributed by atoms with Crippen LogP contribution in [0.25, 0.3) is 0 Å². The highest BCUT2D eigenvalue weighted by Gasteiger charge is 2.16. The van der Waals surface area contributed by atoms with Crippen molar-refractivity contribution < 1.29 is 8.42 Å². The maximum Gasteiger partial charge on any atom is 0.240 e. The van der Waals surface area contributed by atoms with Gasteiger partial charge < -0.3 is 0 Å². The average molecular weight is 248 g/mol. The third-order valence-electron chi connectivity index (χ3n) is 2.08. The molecule has 0 aromatic heterocycles. The van der Waals surface area contributed by atoms with Gasteiger partial charge in [0.05, 0.1) is 4.90 Å². The van der Waals surface area contributed by atoms with Crippen LogP contribution in [-0.4, -0.2) is 14.5 Å². The van der Waals surface area contributed by atoms with Crippen molar-refractivity contribution in [2.45, 2.75) is 31.2 Å². The quantitative estimate of drug-likeness (QED) is 0.888. The first-order chi connectivity index (χ1) is 6.95. The van der Waals surface area contributed by atoms with Crippen LogP contribution in [-0.2, 0) is 10.0 Å². The highest BCUT2D eigenvalue weighted by molar-refractivity contribution is 7.89. The molecule has 0 aliphatic heterocycles. The number of sulfonamides is 1. The molecule has 15 heavy (non-hydrogen) atoms. The van der Waals surface area contributed by atoms with Crippen molar-refractivity contribution >= 4 is 21.6 Å². The van der Waals surface area contributed by atoms with Gasteiger partial charge in [-0.25, -0.2) is 13.1 Å². The summed E-state index contributed by atoms with van der Waals surface area (Å²) < 4.78 is 26.1. The topological polar surface area (TPSA) is 46.2 Å². The lowest BCUT2D eigenvalue weighted by molar-refractivity contribution is 0.556. The van der Waals surface area contributed by atoms with Crippen molar-refractivity contribution in [1.82, 2.24) is 4.72 Å². The Kier molecular flexibility index (Phi) is 4.13. The lowest BCUT2D eigenvalue weighted by atomic mass is 10.3. The van der Waals surface area contributed by atoms with Gasteiger partial charge in [-0.2, -0.15) is 0 Å². The zero-order valence-electron chi connectivity index (χ0n) is 8.70. The smallest absolute Gasteiger partial charge is 0.208 e. The zero-order chi connectivity index (χ0) is 11.5. The summed E-state index contributed by atoms with van der Waals surface area (Å²) in [6.07, 6.45) is 0.750. The molecular formula is C10H14ClNO2S. The Bertz CT molecular complexity index is 431. The monoisotopic (exact) mass is 247 g/mol. The van der Waals surface area contributed by atoms with Gasteiger partial charge >= 0.3 is 0 Å². The zero-order valence-corrected chi connectivity index (χ0v) is 10.3. The molecule has 0 heterocycles. The molecule has 0 radical (unpaired) electrons. The van der Waals surface area contributed by atoms with Crippen molar-refractivity contribution in [3.8, 4) is 0 Å². The van der Waals surface area contributed by atoms with E-state index >= 15 is 0 Å². The Hall–Kier alpha value is -0.580. The standard InChI is InChI=1S/C10H14ClNO2S/c1-3-8(2)12-15(13,14)10-6-4-5-9(11)7-10/h4-8,12H,3H2,1-2H3/t8-/m0/s1. The fourth-order valence-electron chi connectivity index (χ4n) is 1.05. The van der Waals surface area contributed by atoms with Crippen molar-refractivity contribution in [1.29, 1.82) is 0 Å². The molecule has 84 valence electrons. The Morgan fingerprint density at radius 2 is 2.13 bits per heavy atom. The third kappa shape index (κ3) is 3.48. The van der Waals surface area contributed by atoms with Crippen LogP contribution >= 0.6 is 11.6 Å². The second kappa shape index (κ2) is 4.96. The molecular weight excluding hydrogens is 234 g/mol. The van der Waals surface area contributed by atoms with Crippen LogP contribution < -0.4 is 4.72 Å². The van der Waals surface area contributed by atoms with E-state index in [1.807, 2.05) is 13.8 Å². The maximum absolute atomic E-state index is 11.8. The summed E-state index contributed by atoms with van der Waals surface area (Å²) in [5.41, 5.74) is 0. The lowest BCUT2D eigenvalue weighted by Gasteiger charge is -2.11. The van der Waals surface area contributed by atoms with E-state index in [4.69, 9.17) is 11.6 Å². The summed E-state index contributed by atoms with van der Waals surface area (Å²) in [4.78, 5) is 0.204. The third-order valence-corrected chi connectivity index (χ3v) is 3.90. The minimum atomic E-state index is -3.43. The number of hydrogen-bond acceptors (Lipinski definition) is 2. The van der Waals surface area contributed by atoms with Gasteiger partial charge in [-0.3, -0.25) is 0 Å². The molecule has 0 aliphatic rings. The Balaban J connectivity index is 2.96. The van der Waals surface area contributed by atoms with Crippen LogP contribution in [0.1, 0.15) is 20.3 Å². The Morgan fingerprint density at radius 3 is 2.67 bits per heavy atom. The number of nitrogens with one attached hydrogen (secondary N) is 1. The van der Waals surface area contributed by atoms with Crippen molar-refractivity contribution in [3.05, 3.63) is 29.3 Å². The van der Waals surface area contributed by atoms with Crippen LogP contribution in [0.3, 0.4) is 0 Å². The van der Waals surface area contributed by atoms with Gasteiger partial charge in [0.1, 0.15) is 0 Å². The molecule has 5 heteroatoms. The van der Waals surface area contributed by atoms with Crippen LogP contribution in [0.4, 0.5) is 0 Å². The molecule has 3 nitrogen and oxygen atoms in total. The Labute approximate surface area is 95.5 Å². The molecule has 0 unspecified atom stereocenters. The average Bonchev–Trinajstić information content (AvgIpc) is 2.17. The predicted octanol–water partition coefficient (Wildman–Crippen LogP) is 2.42. The van der Waals surface area contributed by atoms with Crippen LogP contribution in [0, 0.1) is 0 Å². The SMILES string of the molecule is CC[C@H](C)NS(=O)(=O)c1cccc(Cl)c1. The minimum absolute atomic E-state index is 0.0750. The van der Waals surface area contributed by atoms with Crippen LogP contribution in [0.2, 0.25) is 5.02 Å². The molecule has 0 bridgehead atoms. The van der Waals surface area contributed by atoms with Crippen molar-refractivity contribution in [2.24, 2.45) is 0 Å². The van der Waals surface area contributed by atoms with Crippen LogP contribution in [0.15, 0.2) is 29.2 Å². The van der Waals surface area contributed by atoms with Gasteiger partial charge in [-0.1, -0.05) is 24.6 Å². The molecule has 1 atom stereocenters. The molecule has 0 amide bonds. The van der Waals surface area contributed by atoms with Crippen molar-refractivity contribution in [2.75, 3.05) is 0 Å². The molecule has 0 aliphatic carbocycles. The summed E-state index contributed by atoms with van der Waals surface area (Å²) in [5, 5.41) is 0.419. The van der Waals surface area contributed by atoms with E-state index in [0.29, 0.717) is 5.02 Å². The van der Waals surface area contributed by atoms with E-state index in [-0.39, 0.29) is 10.9 Å². The van der Waals surface area contributed by atoms with E-state index in [0.717, 1.165) is 6.42 Å². The minimum Gasteiger partial charge on any atom is -0.208 e. The highest BCUT2D eigenvalue weighted by atomic mass is 35.5. The molecule has 1 aromatic carbocycles. The number of hydrogen-bond donors (Lipinski definition) is 1. The molecule has 1 N–H and O–H groups in total. The fourth-order valence-corrected chi connectivity index (χ4v) is 2.68. The van der Waals surface area contributed by atoms with E-state index in [9.17, 15) is 8.42 Å². The van der Waals surface area contributed by atoms with Gasteiger partial charge in [0.15, 0.2) is 0 Å². The summed E-state index contributed by atoms with van der Waals surface area (Å²) >= 11 is 5.73. The maximum atomic E-state index is 11.8. The molecule has 0 saturated carbocycles. The van der Waals surface area contributed by atoms with Gasteiger partial charge in [-0.15, -0.1) is 0 Å². The van der Waals surface area contributed by atoms with E-state index < -0.39 is 10.0 Å². The normalized spacial score (nSPS) is 13.8. The van der Waals surface area contributed by atoms with Crippen molar-refractivity contribution in [3.63, 3.8) is 0 Å². The first-order valence-electron chi connectivity index (χ1n) is 4.73. The first kappa shape index (κ1) is 12.5. The lowest BCUT2D eigenvalue weighted by Crippen LogP contribution is -2.31. The number of halogens is 1. The van der Waals surface area contributed by atoms with E-state index in [1.54, 1.807) is 12.1 Å². The molecule has 0 spiro atoms.